The Morgan fingerprint density at radius 3 is 1.88 bits per heavy atom. The summed E-state index contributed by atoms with van der Waals surface area (Å²) in [6.45, 7) is 0. The standard InChI is InChI=1S/C23H20O2S/c24-26(25,23-14-8-3-9-15-23)19-18-22(21-12-6-2-7-13-21)17-16-20-10-4-1-5-11-20/h1-18H,19H2. The predicted molar refractivity (Wildman–Crippen MR) is 108 cm³/mol. The SMILES string of the molecule is O=S(=O)(CC=C(C=Cc1ccccc1)c1ccccc1)c1ccccc1. The maximum atomic E-state index is 12.6. The lowest BCUT2D eigenvalue weighted by molar-refractivity contribution is 0.599. The molecule has 3 aromatic rings. The molecule has 0 bridgehead atoms. The van der Waals surface area contributed by atoms with Crippen molar-refractivity contribution >= 4 is 21.5 Å². The number of rotatable bonds is 6. The van der Waals surface area contributed by atoms with Gasteiger partial charge in [-0.25, -0.2) is 8.42 Å². The molecule has 0 aliphatic heterocycles. The van der Waals surface area contributed by atoms with E-state index in [0.29, 0.717) is 4.90 Å². The van der Waals surface area contributed by atoms with Crippen LogP contribution in [0.1, 0.15) is 11.1 Å². The van der Waals surface area contributed by atoms with Gasteiger partial charge in [0.1, 0.15) is 0 Å². The van der Waals surface area contributed by atoms with Crippen molar-refractivity contribution in [2.75, 3.05) is 5.75 Å². The van der Waals surface area contributed by atoms with Crippen LogP contribution in [0.25, 0.3) is 11.6 Å². The Bertz CT molecular complexity index is 988. The number of allylic oxidation sites excluding steroid dienone is 2. The quantitative estimate of drug-likeness (QED) is 0.562. The van der Waals surface area contributed by atoms with E-state index >= 15 is 0 Å². The van der Waals surface area contributed by atoms with E-state index in [1.54, 1.807) is 30.3 Å². The van der Waals surface area contributed by atoms with Crippen LogP contribution in [0.15, 0.2) is 108 Å². The first-order valence-electron chi connectivity index (χ1n) is 8.42. The summed E-state index contributed by atoms with van der Waals surface area (Å²) in [6.07, 6.45) is 5.73. The van der Waals surface area contributed by atoms with Crippen LogP contribution >= 0.6 is 0 Å². The van der Waals surface area contributed by atoms with Gasteiger partial charge in [0.15, 0.2) is 9.84 Å². The molecule has 0 amide bonds. The monoisotopic (exact) mass is 360 g/mol. The fourth-order valence-electron chi connectivity index (χ4n) is 2.59. The predicted octanol–water partition coefficient (Wildman–Crippen LogP) is 5.26. The molecule has 0 saturated carbocycles. The van der Waals surface area contributed by atoms with E-state index in [0.717, 1.165) is 16.7 Å². The Kier molecular flexibility index (Phi) is 5.82. The smallest absolute Gasteiger partial charge is 0.181 e. The molecule has 26 heavy (non-hydrogen) atoms. The molecule has 0 spiro atoms. The van der Waals surface area contributed by atoms with Crippen LogP contribution in [0.5, 0.6) is 0 Å². The lowest BCUT2D eigenvalue weighted by atomic mass is 10.0. The van der Waals surface area contributed by atoms with E-state index in [2.05, 4.69) is 0 Å². The average Bonchev–Trinajstić information content (AvgIpc) is 2.70. The lowest BCUT2D eigenvalue weighted by Crippen LogP contribution is -2.04. The van der Waals surface area contributed by atoms with Crippen LogP contribution in [0.3, 0.4) is 0 Å². The van der Waals surface area contributed by atoms with Crippen molar-refractivity contribution in [3.05, 3.63) is 114 Å². The highest BCUT2D eigenvalue weighted by molar-refractivity contribution is 7.91. The maximum absolute atomic E-state index is 12.6. The molecule has 3 rings (SSSR count). The molecule has 0 aromatic heterocycles. The van der Waals surface area contributed by atoms with E-state index in [4.69, 9.17) is 0 Å². The molecular weight excluding hydrogens is 340 g/mol. The zero-order valence-corrected chi connectivity index (χ0v) is 15.1. The highest BCUT2D eigenvalue weighted by Gasteiger charge is 2.12. The Balaban J connectivity index is 1.91. The van der Waals surface area contributed by atoms with E-state index in [1.165, 1.54) is 0 Å². The van der Waals surface area contributed by atoms with Gasteiger partial charge in [0.05, 0.1) is 10.6 Å². The van der Waals surface area contributed by atoms with Crippen molar-refractivity contribution < 1.29 is 8.42 Å². The molecule has 0 N–H and O–H groups in total. The number of hydrogen-bond donors (Lipinski definition) is 0. The fourth-order valence-corrected chi connectivity index (χ4v) is 3.75. The molecule has 0 unspecified atom stereocenters. The second kappa shape index (κ2) is 8.45. The third-order valence-electron chi connectivity index (χ3n) is 3.99. The summed E-state index contributed by atoms with van der Waals surface area (Å²) in [5.74, 6) is -0.0413. The van der Waals surface area contributed by atoms with E-state index < -0.39 is 9.84 Å². The summed E-state index contributed by atoms with van der Waals surface area (Å²) in [5, 5.41) is 0. The topological polar surface area (TPSA) is 34.1 Å². The molecule has 0 saturated heterocycles. The maximum Gasteiger partial charge on any atom is 0.181 e. The van der Waals surface area contributed by atoms with Crippen molar-refractivity contribution in [3.8, 4) is 0 Å². The minimum absolute atomic E-state index is 0.0413. The Morgan fingerprint density at radius 2 is 1.27 bits per heavy atom. The first kappa shape index (κ1) is 17.9. The molecule has 0 fully saturated rings. The molecule has 0 heterocycles. The second-order valence-electron chi connectivity index (χ2n) is 5.86. The summed E-state index contributed by atoms with van der Waals surface area (Å²) in [5.41, 5.74) is 2.94. The minimum Gasteiger partial charge on any atom is -0.223 e. The van der Waals surface area contributed by atoms with Gasteiger partial charge >= 0.3 is 0 Å². The molecular formula is C23H20O2S. The summed E-state index contributed by atoms with van der Waals surface area (Å²) in [4.78, 5) is 0.343. The van der Waals surface area contributed by atoms with E-state index in [-0.39, 0.29) is 5.75 Å². The van der Waals surface area contributed by atoms with E-state index in [9.17, 15) is 8.42 Å². The third kappa shape index (κ3) is 4.80. The largest absolute Gasteiger partial charge is 0.223 e. The van der Waals surface area contributed by atoms with Gasteiger partial charge in [0.2, 0.25) is 0 Å². The third-order valence-corrected chi connectivity index (χ3v) is 5.58. The van der Waals surface area contributed by atoms with Gasteiger partial charge in [-0.3, -0.25) is 0 Å². The first-order chi connectivity index (χ1) is 12.6. The van der Waals surface area contributed by atoms with Crippen molar-refractivity contribution in [1.82, 2.24) is 0 Å². The summed E-state index contributed by atoms with van der Waals surface area (Å²) in [6, 6.07) is 28.3. The van der Waals surface area contributed by atoms with Crippen LogP contribution in [-0.2, 0) is 9.84 Å². The van der Waals surface area contributed by atoms with Gasteiger partial charge in [0, 0.05) is 0 Å². The van der Waals surface area contributed by atoms with Crippen LogP contribution in [0, 0.1) is 0 Å². The molecule has 3 heteroatoms. The molecule has 0 aliphatic carbocycles. The van der Waals surface area contributed by atoms with Gasteiger partial charge in [-0.15, -0.1) is 0 Å². The summed E-state index contributed by atoms with van der Waals surface area (Å²) in [7, 11) is -3.36. The van der Waals surface area contributed by atoms with Crippen LogP contribution in [-0.4, -0.2) is 14.2 Å². The zero-order chi connectivity index (χ0) is 18.2. The van der Waals surface area contributed by atoms with Gasteiger partial charge < -0.3 is 0 Å². The minimum atomic E-state index is -3.36. The number of sulfone groups is 1. The Labute approximate surface area is 155 Å². The molecule has 0 atom stereocenters. The highest BCUT2D eigenvalue weighted by Crippen LogP contribution is 2.19. The van der Waals surface area contributed by atoms with Gasteiger partial charge in [0.25, 0.3) is 0 Å². The van der Waals surface area contributed by atoms with Crippen LogP contribution in [0.2, 0.25) is 0 Å². The van der Waals surface area contributed by atoms with Crippen LogP contribution in [0.4, 0.5) is 0 Å². The Hall–Kier alpha value is -2.91. The molecule has 3 aromatic carbocycles. The summed E-state index contributed by atoms with van der Waals surface area (Å²) < 4.78 is 25.1. The second-order valence-corrected chi connectivity index (χ2v) is 7.90. The molecule has 130 valence electrons. The fraction of sp³-hybridized carbons (Fsp3) is 0.0435. The molecule has 0 aliphatic rings. The first-order valence-corrected chi connectivity index (χ1v) is 10.1. The highest BCUT2D eigenvalue weighted by atomic mass is 32.2. The Morgan fingerprint density at radius 1 is 0.731 bits per heavy atom. The van der Waals surface area contributed by atoms with Crippen LogP contribution < -0.4 is 0 Å². The summed E-state index contributed by atoms with van der Waals surface area (Å²) >= 11 is 0. The molecule has 0 radical (unpaired) electrons. The van der Waals surface area contributed by atoms with Gasteiger partial charge in [-0.05, 0) is 28.8 Å². The van der Waals surface area contributed by atoms with Crippen molar-refractivity contribution in [2.45, 2.75) is 4.90 Å². The number of benzene rings is 3. The normalized spacial score (nSPS) is 12.4. The van der Waals surface area contributed by atoms with Gasteiger partial charge in [-0.1, -0.05) is 97.1 Å². The van der Waals surface area contributed by atoms with Crippen molar-refractivity contribution in [1.29, 1.82) is 0 Å². The average molecular weight is 360 g/mol. The zero-order valence-electron chi connectivity index (χ0n) is 14.3. The van der Waals surface area contributed by atoms with Crippen molar-refractivity contribution in [2.24, 2.45) is 0 Å². The lowest BCUT2D eigenvalue weighted by Gasteiger charge is -2.05. The van der Waals surface area contributed by atoms with Gasteiger partial charge in [-0.2, -0.15) is 0 Å². The van der Waals surface area contributed by atoms with E-state index in [1.807, 2.05) is 78.9 Å². The molecule has 2 nitrogen and oxygen atoms in total. The van der Waals surface area contributed by atoms with Crippen molar-refractivity contribution in [3.63, 3.8) is 0 Å². The number of hydrogen-bond acceptors (Lipinski definition) is 2.